The number of amides is 1. The van der Waals surface area contributed by atoms with Crippen LogP contribution in [0, 0.1) is 0 Å². The number of morpholine rings is 1. The van der Waals surface area contributed by atoms with Gasteiger partial charge in [-0.15, -0.1) is 0 Å². The minimum Gasteiger partial charge on any atom is -0.507 e. The van der Waals surface area contributed by atoms with Crippen molar-refractivity contribution in [2.75, 3.05) is 33.0 Å². The molecule has 1 aliphatic heterocycles. The SMILES string of the molecule is NC(=O)c1ccc(OCN2CCOCC2)cc1O. The van der Waals surface area contributed by atoms with E-state index in [0.29, 0.717) is 25.7 Å². The normalized spacial score (nSPS) is 16.4. The molecule has 3 N–H and O–H groups in total. The first-order valence-corrected chi connectivity index (χ1v) is 5.72. The molecule has 0 bridgehead atoms. The van der Waals surface area contributed by atoms with Crippen molar-refractivity contribution in [1.29, 1.82) is 0 Å². The quantitative estimate of drug-likeness (QED) is 0.797. The second-order valence-corrected chi connectivity index (χ2v) is 4.05. The molecule has 0 radical (unpaired) electrons. The summed E-state index contributed by atoms with van der Waals surface area (Å²) in [6.07, 6.45) is 0. The summed E-state index contributed by atoms with van der Waals surface area (Å²) in [5.74, 6) is -0.321. The van der Waals surface area contributed by atoms with Gasteiger partial charge >= 0.3 is 0 Å². The van der Waals surface area contributed by atoms with Gasteiger partial charge in [0, 0.05) is 19.2 Å². The molecule has 0 aromatic heterocycles. The van der Waals surface area contributed by atoms with Crippen molar-refractivity contribution in [2.45, 2.75) is 0 Å². The van der Waals surface area contributed by atoms with Crippen molar-refractivity contribution in [1.82, 2.24) is 4.90 Å². The first-order valence-electron chi connectivity index (χ1n) is 5.72. The molecule has 0 atom stereocenters. The molecule has 1 heterocycles. The molecule has 0 unspecified atom stereocenters. The van der Waals surface area contributed by atoms with E-state index in [-0.39, 0.29) is 11.3 Å². The number of rotatable bonds is 4. The Morgan fingerprint density at radius 1 is 1.44 bits per heavy atom. The highest BCUT2D eigenvalue weighted by Crippen LogP contribution is 2.23. The molecule has 1 aromatic carbocycles. The zero-order chi connectivity index (χ0) is 13.0. The van der Waals surface area contributed by atoms with Crippen molar-refractivity contribution in [3.05, 3.63) is 23.8 Å². The standard InChI is InChI=1S/C12H16N2O4/c13-12(16)10-2-1-9(7-11(10)15)18-8-14-3-5-17-6-4-14/h1-2,7,15H,3-6,8H2,(H2,13,16). The average molecular weight is 252 g/mol. The molecule has 0 saturated carbocycles. The van der Waals surface area contributed by atoms with Gasteiger partial charge in [0.1, 0.15) is 18.2 Å². The van der Waals surface area contributed by atoms with Crippen LogP contribution in [-0.2, 0) is 4.74 Å². The Morgan fingerprint density at radius 2 is 2.17 bits per heavy atom. The number of phenols is 1. The molecule has 6 nitrogen and oxygen atoms in total. The molecule has 0 aliphatic carbocycles. The van der Waals surface area contributed by atoms with Crippen LogP contribution in [0.1, 0.15) is 10.4 Å². The lowest BCUT2D eigenvalue weighted by molar-refractivity contribution is 0.00403. The number of hydrogen-bond donors (Lipinski definition) is 2. The summed E-state index contributed by atoms with van der Waals surface area (Å²) in [4.78, 5) is 13.0. The number of nitrogens with two attached hydrogens (primary N) is 1. The van der Waals surface area contributed by atoms with E-state index in [1.54, 1.807) is 6.07 Å². The second-order valence-electron chi connectivity index (χ2n) is 4.05. The third-order valence-electron chi connectivity index (χ3n) is 2.75. The number of benzene rings is 1. The Labute approximate surface area is 105 Å². The third-order valence-corrected chi connectivity index (χ3v) is 2.75. The lowest BCUT2D eigenvalue weighted by atomic mass is 10.2. The van der Waals surface area contributed by atoms with E-state index < -0.39 is 5.91 Å². The van der Waals surface area contributed by atoms with Crippen molar-refractivity contribution < 1.29 is 19.4 Å². The van der Waals surface area contributed by atoms with Gasteiger partial charge in [0.2, 0.25) is 0 Å². The summed E-state index contributed by atoms with van der Waals surface area (Å²) in [6, 6.07) is 4.45. The van der Waals surface area contributed by atoms with E-state index in [1.165, 1.54) is 12.1 Å². The molecule has 1 fully saturated rings. The predicted molar refractivity (Wildman–Crippen MR) is 64.5 cm³/mol. The predicted octanol–water partition coefficient (Wildman–Crippen LogP) is 0.160. The van der Waals surface area contributed by atoms with Gasteiger partial charge in [-0.1, -0.05) is 0 Å². The van der Waals surface area contributed by atoms with Crippen LogP contribution in [-0.4, -0.2) is 48.9 Å². The molecule has 98 valence electrons. The Bertz CT molecular complexity index is 430. The Morgan fingerprint density at radius 3 is 2.78 bits per heavy atom. The van der Waals surface area contributed by atoms with E-state index in [0.717, 1.165) is 13.1 Å². The molecule has 6 heteroatoms. The zero-order valence-electron chi connectivity index (χ0n) is 9.96. The second kappa shape index (κ2) is 5.70. The highest BCUT2D eigenvalue weighted by molar-refractivity contribution is 5.95. The van der Waals surface area contributed by atoms with Crippen LogP contribution >= 0.6 is 0 Å². The smallest absolute Gasteiger partial charge is 0.252 e. The van der Waals surface area contributed by atoms with Crippen LogP contribution in [0.5, 0.6) is 11.5 Å². The molecule has 1 amide bonds. The number of ether oxygens (including phenoxy) is 2. The van der Waals surface area contributed by atoms with Crippen LogP contribution in [0.25, 0.3) is 0 Å². The number of carbonyl (C=O) groups is 1. The molecule has 2 rings (SSSR count). The van der Waals surface area contributed by atoms with E-state index in [1.807, 2.05) is 0 Å². The summed E-state index contributed by atoms with van der Waals surface area (Å²) < 4.78 is 10.7. The molecule has 1 aromatic rings. The number of nitrogens with zero attached hydrogens (tertiary/aromatic N) is 1. The van der Waals surface area contributed by atoms with Gasteiger partial charge in [-0.2, -0.15) is 0 Å². The van der Waals surface area contributed by atoms with Crippen LogP contribution in [0.2, 0.25) is 0 Å². The van der Waals surface area contributed by atoms with Gasteiger partial charge in [-0.25, -0.2) is 0 Å². The van der Waals surface area contributed by atoms with Gasteiger partial charge in [0.05, 0.1) is 18.8 Å². The minimum atomic E-state index is -0.660. The van der Waals surface area contributed by atoms with Gasteiger partial charge in [-0.3, -0.25) is 9.69 Å². The van der Waals surface area contributed by atoms with Gasteiger partial charge in [0.25, 0.3) is 5.91 Å². The van der Waals surface area contributed by atoms with E-state index in [9.17, 15) is 9.90 Å². The van der Waals surface area contributed by atoms with Crippen LogP contribution in [0.15, 0.2) is 18.2 Å². The number of hydrogen-bond acceptors (Lipinski definition) is 5. The van der Waals surface area contributed by atoms with E-state index >= 15 is 0 Å². The zero-order valence-corrected chi connectivity index (χ0v) is 9.96. The molecular formula is C12H16N2O4. The highest BCUT2D eigenvalue weighted by Gasteiger charge is 2.12. The van der Waals surface area contributed by atoms with E-state index in [4.69, 9.17) is 15.2 Å². The van der Waals surface area contributed by atoms with Gasteiger partial charge in [0.15, 0.2) is 0 Å². The first kappa shape index (κ1) is 12.7. The maximum absolute atomic E-state index is 10.9. The topological polar surface area (TPSA) is 85.0 Å². The van der Waals surface area contributed by atoms with E-state index in [2.05, 4.69) is 4.90 Å². The third kappa shape index (κ3) is 3.12. The average Bonchev–Trinajstić information content (AvgIpc) is 2.37. The summed E-state index contributed by atoms with van der Waals surface area (Å²) in [5.41, 5.74) is 5.19. The summed E-state index contributed by atoms with van der Waals surface area (Å²) >= 11 is 0. The fourth-order valence-corrected chi connectivity index (χ4v) is 1.71. The lowest BCUT2D eigenvalue weighted by Crippen LogP contribution is -2.38. The number of primary amides is 1. The molecule has 18 heavy (non-hydrogen) atoms. The lowest BCUT2D eigenvalue weighted by Gasteiger charge is -2.26. The van der Waals surface area contributed by atoms with Crippen LogP contribution in [0.3, 0.4) is 0 Å². The van der Waals surface area contributed by atoms with Crippen LogP contribution in [0.4, 0.5) is 0 Å². The fraction of sp³-hybridized carbons (Fsp3) is 0.417. The maximum atomic E-state index is 10.9. The number of aromatic hydroxyl groups is 1. The molecule has 1 saturated heterocycles. The minimum absolute atomic E-state index is 0.0914. The largest absolute Gasteiger partial charge is 0.507 e. The molecular weight excluding hydrogens is 236 g/mol. The van der Waals surface area contributed by atoms with Crippen molar-refractivity contribution in [3.63, 3.8) is 0 Å². The summed E-state index contributed by atoms with van der Waals surface area (Å²) in [6.45, 7) is 3.49. The van der Waals surface area contributed by atoms with Crippen molar-refractivity contribution in [3.8, 4) is 11.5 Å². The fourth-order valence-electron chi connectivity index (χ4n) is 1.71. The number of carbonyl (C=O) groups excluding carboxylic acids is 1. The Balaban J connectivity index is 1.93. The molecule has 1 aliphatic rings. The van der Waals surface area contributed by atoms with Crippen molar-refractivity contribution in [2.24, 2.45) is 5.73 Å². The Kier molecular flexibility index (Phi) is 4.01. The first-order chi connectivity index (χ1) is 8.66. The van der Waals surface area contributed by atoms with Gasteiger partial charge in [-0.05, 0) is 12.1 Å². The summed E-state index contributed by atoms with van der Waals surface area (Å²) in [5, 5.41) is 9.58. The maximum Gasteiger partial charge on any atom is 0.252 e. The Hall–Kier alpha value is -1.79. The molecule has 0 spiro atoms. The van der Waals surface area contributed by atoms with Gasteiger partial charge < -0.3 is 20.3 Å². The monoisotopic (exact) mass is 252 g/mol. The van der Waals surface area contributed by atoms with Crippen molar-refractivity contribution >= 4 is 5.91 Å². The highest BCUT2D eigenvalue weighted by atomic mass is 16.5. The van der Waals surface area contributed by atoms with Crippen LogP contribution < -0.4 is 10.5 Å². The summed E-state index contributed by atoms with van der Waals surface area (Å²) in [7, 11) is 0.